The van der Waals surface area contributed by atoms with Crippen LogP contribution in [0.5, 0.6) is 0 Å². The van der Waals surface area contributed by atoms with Crippen LogP contribution in [0.1, 0.15) is 36.9 Å². The average molecular weight is 474 g/mol. The van der Waals surface area contributed by atoms with Gasteiger partial charge in [-0.25, -0.2) is 9.40 Å². The topological polar surface area (TPSA) is 65.5 Å². The van der Waals surface area contributed by atoms with Crippen LogP contribution in [0.3, 0.4) is 0 Å². The number of nitrogens with zero attached hydrogens (tertiary/aromatic N) is 2. The van der Waals surface area contributed by atoms with Gasteiger partial charge in [0.15, 0.2) is 0 Å². The molecule has 0 spiro atoms. The highest BCUT2D eigenvalue weighted by molar-refractivity contribution is 6.30. The largest absolute Gasteiger partial charge is 0.321 e. The van der Waals surface area contributed by atoms with Crippen LogP contribution in [0.15, 0.2) is 82.7 Å². The zero-order valence-electron chi connectivity index (χ0n) is 18.4. The fraction of sp³-hybridized carbons (Fsp3) is 0.148. The van der Waals surface area contributed by atoms with Crippen molar-refractivity contribution in [1.82, 2.24) is 9.99 Å². The molecule has 170 valence electrons. The predicted molar refractivity (Wildman–Crippen MR) is 132 cm³/mol. The Bertz CT molecular complexity index is 1480. The SMILES string of the molecule is CCC(=O)N1N=C(c2c(-c3ccc(Cl)cc3)c3ccccc3[nH]c2=O)C[C@@H]1c1ccc(F)cc1. The van der Waals surface area contributed by atoms with Gasteiger partial charge in [0.05, 0.1) is 17.3 Å². The molecule has 34 heavy (non-hydrogen) atoms. The van der Waals surface area contributed by atoms with E-state index in [9.17, 15) is 14.0 Å². The van der Waals surface area contributed by atoms with E-state index < -0.39 is 6.04 Å². The van der Waals surface area contributed by atoms with Gasteiger partial charge >= 0.3 is 0 Å². The Balaban J connectivity index is 1.72. The van der Waals surface area contributed by atoms with Gasteiger partial charge in [0.25, 0.3) is 5.56 Å². The lowest BCUT2D eigenvalue weighted by Gasteiger charge is -2.21. The number of fused-ring (bicyclic) bond motifs is 1. The van der Waals surface area contributed by atoms with Crippen molar-refractivity contribution < 1.29 is 9.18 Å². The van der Waals surface area contributed by atoms with E-state index in [2.05, 4.69) is 10.1 Å². The van der Waals surface area contributed by atoms with Gasteiger partial charge in [0.1, 0.15) is 5.82 Å². The molecule has 1 aliphatic heterocycles. The molecule has 7 heteroatoms. The van der Waals surface area contributed by atoms with E-state index in [1.807, 2.05) is 36.4 Å². The molecule has 0 fully saturated rings. The molecule has 1 aromatic heterocycles. The highest BCUT2D eigenvalue weighted by Gasteiger charge is 2.34. The molecule has 1 aliphatic rings. The number of amides is 1. The number of aromatic nitrogens is 1. The molecule has 5 rings (SSSR count). The molecule has 0 saturated carbocycles. The lowest BCUT2D eigenvalue weighted by atomic mass is 9.91. The number of hydrogen-bond donors (Lipinski definition) is 1. The zero-order valence-corrected chi connectivity index (χ0v) is 19.1. The minimum Gasteiger partial charge on any atom is -0.321 e. The van der Waals surface area contributed by atoms with E-state index >= 15 is 0 Å². The van der Waals surface area contributed by atoms with Gasteiger partial charge in [-0.2, -0.15) is 5.10 Å². The highest BCUT2D eigenvalue weighted by atomic mass is 35.5. The number of carbonyl (C=O) groups is 1. The Hall–Kier alpha value is -3.77. The first kappa shape index (κ1) is 22.0. The maximum Gasteiger partial charge on any atom is 0.258 e. The molecule has 3 aromatic carbocycles. The number of aromatic amines is 1. The Morgan fingerprint density at radius 3 is 2.47 bits per heavy atom. The van der Waals surface area contributed by atoms with Gasteiger partial charge in [-0.05, 0) is 41.5 Å². The molecule has 0 saturated heterocycles. The molecule has 4 aromatic rings. The van der Waals surface area contributed by atoms with Crippen molar-refractivity contribution in [3.05, 3.63) is 105 Å². The van der Waals surface area contributed by atoms with Gasteiger partial charge < -0.3 is 4.98 Å². The second-order valence-electron chi connectivity index (χ2n) is 8.17. The standard InChI is InChI=1S/C27H21ClFN3O2/c1-2-24(33)32-23(16-9-13-19(29)14-10-16)15-22(31-32)26-25(17-7-11-18(28)12-8-17)20-5-3-4-6-21(20)30-27(26)34/h3-14,23H,2,15H2,1H3,(H,30,34)/t23-/m1/s1. The van der Waals surface area contributed by atoms with Gasteiger partial charge in [-0.1, -0.05) is 61.0 Å². The average Bonchev–Trinajstić information content (AvgIpc) is 3.28. The second-order valence-corrected chi connectivity index (χ2v) is 8.60. The number of hydrogen-bond acceptors (Lipinski definition) is 3. The van der Waals surface area contributed by atoms with Crippen LogP contribution in [-0.2, 0) is 4.79 Å². The van der Waals surface area contributed by atoms with E-state index in [1.54, 1.807) is 31.2 Å². The van der Waals surface area contributed by atoms with Crippen LogP contribution in [0.4, 0.5) is 4.39 Å². The summed E-state index contributed by atoms with van der Waals surface area (Å²) in [6.07, 6.45) is 0.589. The Kier molecular flexibility index (Phi) is 5.75. The van der Waals surface area contributed by atoms with E-state index in [1.165, 1.54) is 17.1 Å². The minimum absolute atomic E-state index is 0.172. The molecular weight excluding hydrogens is 453 g/mol. The summed E-state index contributed by atoms with van der Waals surface area (Å²) in [5.74, 6) is -0.526. The summed E-state index contributed by atoms with van der Waals surface area (Å²) in [5.41, 5.74) is 3.66. The lowest BCUT2D eigenvalue weighted by molar-refractivity contribution is -0.132. The Morgan fingerprint density at radius 2 is 1.76 bits per heavy atom. The zero-order chi connectivity index (χ0) is 23.8. The molecule has 0 radical (unpaired) electrons. The van der Waals surface area contributed by atoms with Crippen LogP contribution in [0.25, 0.3) is 22.0 Å². The molecule has 0 aliphatic carbocycles. The molecule has 5 nitrogen and oxygen atoms in total. The van der Waals surface area contributed by atoms with Crippen molar-refractivity contribution >= 4 is 34.1 Å². The monoisotopic (exact) mass is 473 g/mol. The predicted octanol–water partition coefficient (Wildman–Crippen LogP) is 6.08. The minimum atomic E-state index is -0.424. The summed E-state index contributed by atoms with van der Waals surface area (Å²) in [5, 5.41) is 7.51. The third-order valence-corrected chi connectivity index (χ3v) is 6.32. The van der Waals surface area contributed by atoms with E-state index in [4.69, 9.17) is 11.6 Å². The van der Waals surface area contributed by atoms with Crippen LogP contribution < -0.4 is 5.56 Å². The third kappa shape index (κ3) is 3.90. The van der Waals surface area contributed by atoms with Crippen LogP contribution in [-0.4, -0.2) is 21.6 Å². The Morgan fingerprint density at radius 1 is 1.06 bits per heavy atom. The second kappa shape index (κ2) is 8.88. The van der Waals surface area contributed by atoms with Crippen molar-refractivity contribution in [3.63, 3.8) is 0 Å². The van der Waals surface area contributed by atoms with Crippen molar-refractivity contribution in [3.8, 4) is 11.1 Å². The summed E-state index contributed by atoms with van der Waals surface area (Å²) < 4.78 is 13.5. The molecule has 2 heterocycles. The molecule has 0 unspecified atom stereocenters. The smallest absolute Gasteiger partial charge is 0.258 e. The summed E-state index contributed by atoms with van der Waals surface area (Å²) in [7, 11) is 0. The quantitative estimate of drug-likeness (QED) is 0.390. The van der Waals surface area contributed by atoms with Gasteiger partial charge in [-0.15, -0.1) is 0 Å². The normalized spacial score (nSPS) is 15.6. The third-order valence-electron chi connectivity index (χ3n) is 6.07. The number of rotatable bonds is 4. The van der Waals surface area contributed by atoms with Crippen molar-refractivity contribution in [2.75, 3.05) is 0 Å². The maximum absolute atomic E-state index is 13.5. The van der Waals surface area contributed by atoms with Crippen LogP contribution in [0, 0.1) is 5.82 Å². The molecular formula is C27H21ClFN3O2. The van der Waals surface area contributed by atoms with Crippen molar-refractivity contribution in [2.24, 2.45) is 5.10 Å². The van der Waals surface area contributed by atoms with Crippen LogP contribution in [0.2, 0.25) is 5.02 Å². The van der Waals surface area contributed by atoms with Crippen molar-refractivity contribution in [1.29, 1.82) is 0 Å². The number of benzene rings is 3. The first-order chi connectivity index (χ1) is 16.5. The number of para-hydroxylation sites is 1. The summed E-state index contributed by atoms with van der Waals surface area (Å²) in [4.78, 5) is 29.1. The summed E-state index contributed by atoms with van der Waals surface area (Å²) >= 11 is 6.12. The summed E-state index contributed by atoms with van der Waals surface area (Å²) in [6, 6.07) is 20.5. The highest BCUT2D eigenvalue weighted by Crippen LogP contribution is 2.37. The number of H-pyrrole nitrogens is 1. The maximum atomic E-state index is 13.5. The number of pyridine rings is 1. The van der Waals surface area contributed by atoms with E-state index in [-0.39, 0.29) is 23.7 Å². The first-order valence-corrected chi connectivity index (χ1v) is 11.4. The van der Waals surface area contributed by atoms with Crippen molar-refractivity contribution in [2.45, 2.75) is 25.8 Å². The lowest BCUT2D eigenvalue weighted by Crippen LogP contribution is -2.26. The number of carbonyl (C=O) groups excluding carboxylic acids is 1. The fourth-order valence-corrected chi connectivity index (χ4v) is 4.56. The number of hydrazone groups is 1. The van der Waals surface area contributed by atoms with Gasteiger partial charge in [0.2, 0.25) is 5.91 Å². The van der Waals surface area contributed by atoms with E-state index in [0.717, 1.165) is 22.1 Å². The Labute approximate surface area is 200 Å². The van der Waals surface area contributed by atoms with Crippen LogP contribution >= 0.6 is 11.6 Å². The first-order valence-electron chi connectivity index (χ1n) is 11.0. The number of halogens is 2. The molecule has 1 N–H and O–H groups in total. The van der Waals surface area contributed by atoms with E-state index in [0.29, 0.717) is 28.2 Å². The summed E-state index contributed by atoms with van der Waals surface area (Å²) in [6.45, 7) is 1.76. The number of nitrogens with one attached hydrogen (secondary N) is 1. The van der Waals surface area contributed by atoms with Gasteiger partial charge in [-0.3, -0.25) is 9.59 Å². The molecule has 0 bridgehead atoms. The molecule has 1 amide bonds. The fourth-order valence-electron chi connectivity index (χ4n) is 4.43. The van der Waals surface area contributed by atoms with Gasteiger partial charge in [0, 0.05) is 34.3 Å². The molecule has 1 atom stereocenters.